The zero-order valence-electron chi connectivity index (χ0n) is 7.51. The van der Waals surface area contributed by atoms with Gasteiger partial charge in [0.2, 0.25) is 0 Å². The standard InChI is InChI=1S/C9H18N2/c1-7-5-11(6-7)9-3-8(2)10-4-9/h7-10H,3-6H2,1-2H3. The summed E-state index contributed by atoms with van der Waals surface area (Å²) in [5.41, 5.74) is 0. The van der Waals surface area contributed by atoms with Crippen LogP contribution in [0.3, 0.4) is 0 Å². The van der Waals surface area contributed by atoms with Gasteiger partial charge in [0.15, 0.2) is 0 Å². The SMILES string of the molecule is CC1CN(C2CNC(C)C2)C1. The number of likely N-dealkylation sites (tertiary alicyclic amines) is 1. The summed E-state index contributed by atoms with van der Waals surface area (Å²) in [7, 11) is 0. The van der Waals surface area contributed by atoms with Crippen LogP contribution >= 0.6 is 0 Å². The molecule has 2 heteroatoms. The third-order valence-electron chi connectivity index (χ3n) is 2.94. The van der Waals surface area contributed by atoms with Crippen molar-refractivity contribution in [2.24, 2.45) is 5.92 Å². The minimum absolute atomic E-state index is 0.746. The van der Waals surface area contributed by atoms with Crippen molar-refractivity contribution < 1.29 is 0 Å². The minimum Gasteiger partial charge on any atom is -0.313 e. The van der Waals surface area contributed by atoms with Gasteiger partial charge in [-0.15, -0.1) is 0 Å². The fraction of sp³-hybridized carbons (Fsp3) is 1.00. The molecule has 2 atom stereocenters. The highest BCUT2D eigenvalue weighted by molar-refractivity contribution is 4.90. The molecular weight excluding hydrogens is 136 g/mol. The van der Waals surface area contributed by atoms with Crippen molar-refractivity contribution in [2.45, 2.75) is 32.4 Å². The Morgan fingerprint density at radius 2 is 2.00 bits per heavy atom. The van der Waals surface area contributed by atoms with Crippen molar-refractivity contribution in [3.05, 3.63) is 0 Å². The van der Waals surface area contributed by atoms with Crippen LogP contribution in [0.5, 0.6) is 0 Å². The molecule has 0 aliphatic carbocycles. The molecule has 2 unspecified atom stereocenters. The first-order valence-electron chi connectivity index (χ1n) is 4.73. The van der Waals surface area contributed by atoms with Gasteiger partial charge in [0.05, 0.1) is 0 Å². The molecule has 0 aromatic rings. The van der Waals surface area contributed by atoms with E-state index in [1.165, 1.54) is 26.1 Å². The van der Waals surface area contributed by atoms with E-state index in [9.17, 15) is 0 Å². The number of hydrogen-bond acceptors (Lipinski definition) is 2. The number of nitrogens with zero attached hydrogens (tertiary/aromatic N) is 1. The van der Waals surface area contributed by atoms with Crippen LogP contribution in [0.1, 0.15) is 20.3 Å². The smallest absolute Gasteiger partial charge is 0.0235 e. The van der Waals surface area contributed by atoms with E-state index < -0.39 is 0 Å². The van der Waals surface area contributed by atoms with Crippen LogP contribution in [0.15, 0.2) is 0 Å². The van der Waals surface area contributed by atoms with Crippen molar-refractivity contribution in [3.63, 3.8) is 0 Å². The van der Waals surface area contributed by atoms with Gasteiger partial charge in [0.1, 0.15) is 0 Å². The lowest BCUT2D eigenvalue weighted by atomic mass is 9.99. The van der Waals surface area contributed by atoms with E-state index in [4.69, 9.17) is 0 Å². The minimum atomic E-state index is 0.746. The maximum Gasteiger partial charge on any atom is 0.0235 e. The topological polar surface area (TPSA) is 15.3 Å². The predicted octanol–water partition coefficient (Wildman–Crippen LogP) is 0.688. The van der Waals surface area contributed by atoms with E-state index in [-0.39, 0.29) is 0 Å². The molecular formula is C9H18N2. The van der Waals surface area contributed by atoms with Crippen molar-refractivity contribution in [1.82, 2.24) is 10.2 Å². The Labute approximate surface area is 69.0 Å². The second-order valence-electron chi connectivity index (χ2n) is 4.26. The van der Waals surface area contributed by atoms with Gasteiger partial charge in [-0.1, -0.05) is 6.92 Å². The zero-order chi connectivity index (χ0) is 7.84. The van der Waals surface area contributed by atoms with Gasteiger partial charge in [-0.25, -0.2) is 0 Å². The molecule has 64 valence electrons. The molecule has 2 heterocycles. The molecule has 2 saturated heterocycles. The Morgan fingerprint density at radius 3 is 2.45 bits per heavy atom. The second kappa shape index (κ2) is 2.76. The van der Waals surface area contributed by atoms with Crippen LogP contribution in [-0.4, -0.2) is 36.6 Å². The summed E-state index contributed by atoms with van der Waals surface area (Å²) in [6, 6.07) is 1.59. The van der Waals surface area contributed by atoms with Gasteiger partial charge >= 0.3 is 0 Å². The largest absolute Gasteiger partial charge is 0.313 e. The summed E-state index contributed by atoms with van der Waals surface area (Å²) in [6.07, 6.45) is 1.35. The molecule has 2 aliphatic rings. The molecule has 0 amide bonds. The Balaban J connectivity index is 1.79. The Hall–Kier alpha value is -0.0800. The molecule has 0 aromatic carbocycles. The molecule has 2 fully saturated rings. The first-order valence-corrected chi connectivity index (χ1v) is 4.73. The third-order valence-corrected chi connectivity index (χ3v) is 2.94. The summed E-state index contributed by atoms with van der Waals surface area (Å²) in [6.45, 7) is 8.50. The Bertz CT molecular complexity index is 140. The van der Waals surface area contributed by atoms with Gasteiger partial charge in [-0.2, -0.15) is 0 Å². The summed E-state index contributed by atoms with van der Waals surface area (Å²) in [5, 5.41) is 3.49. The number of hydrogen-bond donors (Lipinski definition) is 1. The maximum atomic E-state index is 3.49. The molecule has 11 heavy (non-hydrogen) atoms. The average Bonchev–Trinajstić information content (AvgIpc) is 2.29. The van der Waals surface area contributed by atoms with Gasteiger partial charge < -0.3 is 5.32 Å². The second-order valence-corrected chi connectivity index (χ2v) is 4.26. The van der Waals surface area contributed by atoms with E-state index in [1.54, 1.807) is 0 Å². The number of nitrogens with one attached hydrogen (secondary N) is 1. The van der Waals surface area contributed by atoms with Crippen LogP contribution in [0.4, 0.5) is 0 Å². The first kappa shape index (κ1) is 7.56. The van der Waals surface area contributed by atoms with Crippen molar-refractivity contribution in [1.29, 1.82) is 0 Å². The summed E-state index contributed by atoms with van der Waals surface area (Å²) < 4.78 is 0. The first-order chi connectivity index (χ1) is 5.25. The normalized spacial score (nSPS) is 40.9. The summed E-state index contributed by atoms with van der Waals surface area (Å²) >= 11 is 0. The molecule has 1 N–H and O–H groups in total. The van der Waals surface area contributed by atoms with Gasteiger partial charge in [0.25, 0.3) is 0 Å². The predicted molar refractivity (Wildman–Crippen MR) is 46.6 cm³/mol. The van der Waals surface area contributed by atoms with Crippen molar-refractivity contribution in [3.8, 4) is 0 Å². The highest BCUT2D eigenvalue weighted by atomic mass is 15.2. The highest BCUT2D eigenvalue weighted by Crippen LogP contribution is 2.22. The van der Waals surface area contributed by atoms with Gasteiger partial charge in [-0.3, -0.25) is 4.90 Å². The van der Waals surface area contributed by atoms with E-state index in [2.05, 4.69) is 24.1 Å². The molecule has 2 aliphatic heterocycles. The molecule has 0 aromatic heterocycles. The van der Waals surface area contributed by atoms with E-state index >= 15 is 0 Å². The van der Waals surface area contributed by atoms with Crippen LogP contribution in [0.25, 0.3) is 0 Å². The molecule has 2 nitrogen and oxygen atoms in total. The highest BCUT2D eigenvalue weighted by Gasteiger charge is 2.32. The maximum absolute atomic E-state index is 3.49. The summed E-state index contributed by atoms with van der Waals surface area (Å²) in [4.78, 5) is 2.61. The van der Waals surface area contributed by atoms with Crippen LogP contribution in [0.2, 0.25) is 0 Å². The zero-order valence-corrected chi connectivity index (χ0v) is 7.51. The monoisotopic (exact) mass is 154 g/mol. The molecule has 0 bridgehead atoms. The lowest BCUT2D eigenvalue weighted by Crippen LogP contribution is -2.51. The van der Waals surface area contributed by atoms with Gasteiger partial charge in [-0.05, 0) is 19.3 Å². The molecule has 0 radical (unpaired) electrons. The van der Waals surface area contributed by atoms with Crippen molar-refractivity contribution >= 4 is 0 Å². The van der Waals surface area contributed by atoms with E-state index in [1.807, 2.05) is 0 Å². The van der Waals surface area contributed by atoms with Crippen LogP contribution < -0.4 is 5.32 Å². The summed E-state index contributed by atoms with van der Waals surface area (Å²) in [5.74, 6) is 0.950. The third kappa shape index (κ3) is 1.42. The Kier molecular flexibility index (Phi) is 1.90. The molecule has 0 saturated carbocycles. The number of rotatable bonds is 1. The fourth-order valence-electron chi connectivity index (χ4n) is 2.24. The molecule has 0 spiro atoms. The Morgan fingerprint density at radius 1 is 1.27 bits per heavy atom. The van der Waals surface area contributed by atoms with E-state index in [0.717, 1.165) is 18.0 Å². The average molecular weight is 154 g/mol. The fourth-order valence-corrected chi connectivity index (χ4v) is 2.24. The quantitative estimate of drug-likeness (QED) is 0.598. The van der Waals surface area contributed by atoms with Crippen LogP contribution in [-0.2, 0) is 0 Å². The lowest BCUT2D eigenvalue weighted by Gasteiger charge is -2.41. The van der Waals surface area contributed by atoms with E-state index in [0.29, 0.717) is 0 Å². The van der Waals surface area contributed by atoms with Gasteiger partial charge in [0, 0.05) is 31.7 Å². The van der Waals surface area contributed by atoms with Crippen LogP contribution in [0, 0.1) is 5.92 Å². The molecule has 2 rings (SSSR count). The van der Waals surface area contributed by atoms with Crippen molar-refractivity contribution in [2.75, 3.05) is 19.6 Å². The lowest BCUT2D eigenvalue weighted by molar-refractivity contribution is 0.0701.